The van der Waals surface area contributed by atoms with E-state index in [-0.39, 0.29) is 17.3 Å². The zero-order chi connectivity index (χ0) is 24.5. The molecule has 0 radical (unpaired) electrons. The van der Waals surface area contributed by atoms with Crippen molar-refractivity contribution in [2.75, 3.05) is 30.0 Å². The molecule has 0 aliphatic carbocycles. The lowest BCUT2D eigenvalue weighted by atomic mass is 10.2. The van der Waals surface area contributed by atoms with Crippen LogP contribution in [-0.2, 0) is 0 Å². The Morgan fingerprint density at radius 3 is 2.29 bits per heavy atom. The van der Waals surface area contributed by atoms with Crippen molar-refractivity contribution in [3.05, 3.63) is 89.5 Å². The van der Waals surface area contributed by atoms with Crippen molar-refractivity contribution in [1.29, 1.82) is 0 Å². The van der Waals surface area contributed by atoms with E-state index in [2.05, 4.69) is 10.4 Å². The van der Waals surface area contributed by atoms with Crippen molar-refractivity contribution in [2.45, 2.75) is 6.92 Å². The van der Waals surface area contributed by atoms with Crippen LogP contribution in [0.25, 0.3) is 22.2 Å². The molecule has 0 spiro atoms. The lowest BCUT2D eigenvalue weighted by molar-refractivity contribution is 0.102. The van der Waals surface area contributed by atoms with Crippen molar-refractivity contribution in [1.82, 2.24) is 14.6 Å². The highest BCUT2D eigenvalue weighted by Gasteiger charge is 2.24. The molecule has 5 aromatic rings. The Morgan fingerprint density at radius 1 is 0.971 bits per heavy atom. The molecule has 3 N–H and O–H groups in total. The summed E-state index contributed by atoms with van der Waals surface area (Å²) in [5, 5.41) is 7.49. The number of para-hydroxylation sites is 2. The number of hydrogen-bond donors (Lipinski definition) is 2. The number of nitrogens with two attached hydrogens (primary N) is 1. The number of amides is 1. The van der Waals surface area contributed by atoms with E-state index >= 15 is 0 Å². The van der Waals surface area contributed by atoms with Gasteiger partial charge >= 0.3 is 0 Å². The van der Waals surface area contributed by atoms with Gasteiger partial charge in [0.15, 0.2) is 5.65 Å². The Balaban J connectivity index is 1.61. The fourth-order valence-electron chi connectivity index (χ4n) is 3.80. The first-order valence-electron chi connectivity index (χ1n) is 11.2. The van der Waals surface area contributed by atoms with E-state index in [0.29, 0.717) is 27.9 Å². The average molecular weight is 464 g/mol. The molecule has 2 aromatic heterocycles. The number of fused-ring (bicyclic) bond motifs is 2. The molecule has 2 heterocycles. The standard InChI is InChI=1S/C27H25N7O/c1-17-8-12-19(13-9-17)30-27(35)23-24-26(32-22-7-5-4-6-21(22)31-24)34(25(23)28)29-16-18-10-14-20(15-11-18)33(2)3/h4-16H,28H2,1-3H3,(H,30,35)/b29-16-. The van der Waals surface area contributed by atoms with Gasteiger partial charge in [0.25, 0.3) is 5.91 Å². The number of benzene rings is 3. The second kappa shape index (κ2) is 8.90. The smallest absolute Gasteiger partial charge is 0.261 e. The van der Waals surface area contributed by atoms with E-state index in [1.165, 1.54) is 4.68 Å². The molecule has 0 unspecified atom stereocenters. The summed E-state index contributed by atoms with van der Waals surface area (Å²) in [6.07, 6.45) is 1.69. The molecule has 3 aromatic carbocycles. The van der Waals surface area contributed by atoms with Gasteiger partial charge in [0.1, 0.15) is 16.9 Å². The van der Waals surface area contributed by atoms with Gasteiger partial charge in [0.05, 0.1) is 17.2 Å². The van der Waals surface area contributed by atoms with Crippen molar-refractivity contribution < 1.29 is 4.79 Å². The van der Waals surface area contributed by atoms with Crippen LogP contribution in [0.4, 0.5) is 17.2 Å². The second-order valence-electron chi connectivity index (χ2n) is 8.51. The zero-order valence-corrected chi connectivity index (χ0v) is 19.7. The van der Waals surface area contributed by atoms with Crippen molar-refractivity contribution in [2.24, 2.45) is 5.10 Å². The maximum Gasteiger partial charge on any atom is 0.261 e. The van der Waals surface area contributed by atoms with E-state index in [1.807, 2.05) is 98.7 Å². The summed E-state index contributed by atoms with van der Waals surface area (Å²) in [5.74, 6) is -0.203. The van der Waals surface area contributed by atoms with Gasteiger partial charge in [-0.15, -0.1) is 0 Å². The number of nitrogen functional groups attached to an aromatic ring is 1. The number of carbonyl (C=O) groups excluding carboxylic acids is 1. The molecule has 8 heteroatoms. The lowest BCUT2D eigenvalue weighted by Gasteiger charge is -2.11. The highest BCUT2D eigenvalue weighted by atomic mass is 16.1. The van der Waals surface area contributed by atoms with Crippen LogP contribution < -0.4 is 16.0 Å². The van der Waals surface area contributed by atoms with Crippen LogP contribution in [0.3, 0.4) is 0 Å². The summed E-state index contributed by atoms with van der Waals surface area (Å²) in [6, 6.07) is 23.0. The fourth-order valence-corrected chi connectivity index (χ4v) is 3.80. The molecule has 0 fully saturated rings. The van der Waals surface area contributed by atoms with E-state index < -0.39 is 0 Å². The lowest BCUT2D eigenvalue weighted by Crippen LogP contribution is -2.14. The predicted molar refractivity (Wildman–Crippen MR) is 142 cm³/mol. The molecular formula is C27H25N7O. The Bertz CT molecular complexity index is 1570. The van der Waals surface area contributed by atoms with Gasteiger partial charge in [0.2, 0.25) is 0 Å². The van der Waals surface area contributed by atoms with E-state index in [0.717, 1.165) is 16.8 Å². The van der Waals surface area contributed by atoms with Crippen LogP contribution in [0, 0.1) is 6.92 Å². The van der Waals surface area contributed by atoms with E-state index in [9.17, 15) is 4.79 Å². The first kappa shape index (κ1) is 22.1. The number of nitrogens with one attached hydrogen (secondary N) is 1. The Labute approximate surface area is 202 Å². The quantitative estimate of drug-likeness (QED) is 0.369. The summed E-state index contributed by atoms with van der Waals surface area (Å²) >= 11 is 0. The number of hydrogen-bond acceptors (Lipinski definition) is 6. The summed E-state index contributed by atoms with van der Waals surface area (Å²) in [5.41, 5.74) is 12.6. The fraction of sp³-hybridized carbons (Fsp3) is 0.111. The Kier molecular flexibility index (Phi) is 5.62. The first-order chi connectivity index (χ1) is 16.9. The van der Waals surface area contributed by atoms with Crippen LogP contribution in [0.2, 0.25) is 0 Å². The average Bonchev–Trinajstić information content (AvgIpc) is 3.13. The molecular weight excluding hydrogens is 438 g/mol. The third-order valence-electron chi connectivity index (χ3n) is 5.74. The number of nitrogens with zero attached hydrogens (tertiary/aromatic N) is 5. The summed E-state index contributed by atoms with van der Waals surface area (Å²) in [7, 11) is 3.98. The van der Waals surface area contributed by atoms with Gasteiger partial charge in [0, 0.05) is 25.5 Å². The molecule has 0 atom stereocenters. The third-order valence-corrected chi connectivity index (χ3v) is 5.74. The summed E-state index contributed by atoms with van der Waals surface area (Å²) in [6.45, 7) is 1.99. The van der Waals surface area contributed by atoms with Gasteiger partial charge in [-0.25, -0.2) is 9.97 Å². The minimum absolute atomic E-state index is 0.168. The van der Waals surface area contributed by atoms with Crippen LogP contribution in [0.5, 0.6) is 0 Å². The number of anilines is 3. The van der Waals surface area contributed by atoms with Gasteiger partial charge in [-0.3, -0.25) is 4.79 Å². The van der Waals surface area contributed by atoms with Crippen LogP contribution in [0.15, 0.2) is 77.9 Å². The maximum absolute atomic E-state index is 13.3. The Hall–Kier alpha value is -4.72. The number of aryl methyl sites for hydroxylation is 1. The number of aromatic nitrogens is 3. The van der Waals surface area contributed by atoms with Gasteiger partial charge in [-0.05, 0) is 48.9 Å². The molecule has 174 valence electrons. The highest BCUT2D eigenvalue weighted by molar-refractivity contribution is 6.16. The number of carbonyl (C=O) groups is 1. The molecule has 0 bridgehead atoms. The third kappa shape index (κ3) is 4.29. The van der Waals surface area contributed by atoms with Gasteiger partial charge in [-0.2, -0.15) is 9.78 Å². The van der Waals surface area contributed by atoms with Crippen LogP contribution in [-0.4, -0.2) is 40.9 Å². The molecule has 0 aliphatic heterocycles. The topological polar surface area (TPSA) is 101 Å². The van der Waals surface area contributed by atoms with Gasteiger partial charge < -0.3 is 16.0 Å². The normalized spacial score (nSPS) is 11.4. The van der Waals surface area contributed by atoms with E-state index in [1.54, 1.807) is 6.21 Å². The maximum atomic E-state index is 13.3. The molecule has 8 nitrogen and oxygen atoms in total. The summed E-state index contributed by atoms with van der Waals surface area (Å²) < 4.78 is 1.47. The van der Waals surface area contributed by atoms with Crippen molar-refractivity contribution >= 4 is 51.5 Å². The van der Waals surface area contributed by atoms with Crippen molar-refractivity contribution in [3.8, 4) is 0 Å². The highest BCUT2D eigenvalue weighted by Crippen LogP contribution is 2.28. The first-order valence-corrected chi connectivity index (χ1v) is 11.2. The monoisotopic (exact) mass is 463 g/mol. The van der Waals surface area contributed by atoms with Crippen molar-refractivity contribution in [3.63, 3.8) is 0 Å². The molecule has 5 rings (SSSR count). The number of rotatable bonds is 5. The SMILES string of the molecule is Cc1ccc(NC(=O)c2c(N)n(/N=C\c3ccc(N(C)C)cc3)c3nc4ccccc4nc23)cc1. The molecule has 1 amide bonds. The zero-order valence-electron chi connectivity index (χ0n) is 19.7. The summed E-state index contributed by atoms with van der Waals surface area (Å²) in [4.78, 5) is 24.8. The van der Waals surface area contributed by atoms with Crippen LogP contribution >= 0.6 is 0 Å². The molecule has 0 saturated carbocycles. The minimum atomic E-state index is -0.370. The molecule has 0 aliphatic rings. The van der Waals surface area contributed by atoms with E-state index in [4.69, 9.17) is 15.7 Å². The van der Waals surface area contributed by atoms with Crippen LogP contribution in [0.1, 0.15) is 21.5 Å². The Morgan fingerprint density at radius 2 is 1.63 bits per heavy atom. The largest absolute Gasteiger partial charge is 0.383 e. The minimum Gasteiger partial charge on any atom is -0.383 e. The molecule has 0 saturated heterocycles. The molecule has 35 heavy (non-hydrogen) atoms. The second-order valence-corrected chi connectivity index (χ2v) is 8.51. The van der Waals surface area contributed by atoms with Gasteiger partial charge in [-0.1, -0.05) is 42.0 Å². The predicted octanol–water partition coefficient (Wildman–Crippen LogP) is 4.68.